The van der Waals surface area contributed by atoms with Gasteiger partial charge in [-0.05, 0) is 13.8 Å². The van der Waals surface area contributed by atoms with Crippen molar-refractivity contribution in [3.8, 4) is 6.07 Å². The molecule has 0 fully saturated rings. The summed E-state index contributed by atoms with van der Waals surface area (Å²) < 4.78 is 38.9. The molecule has 0 aromatic heterocycles. The van der Waals surface area contributed by atoms with Crippen molar-refractivity contribution >= 4 is 18.6 Å². The third kappa shape index (κ3) is 3.27. The van der Waals surface area contributed by atoms with Gasteiger partial charge in [-0.2, -0.15) is 5.26 Å². The number of ether oxygens (including phenoxy) is 2. The van der Waals surface area contributed by atoms with Crippen LogP contribution in [0.5, 0.6) is 0 Å². The zero-order valence-corrected chi connectivity index (χ0v) is 13.9. The highest BCUT2D eigenvalue weighted by molar-refractivity contribution is 6.58. The van der Waals surface area contributed by atoms with E-state index < -0.39 is 41.7 Å². The molecule has 0 amide bonds. The molecule has 1 unspecified atom stereocenters. The van der Waals surface area contributed by atoms with E-state index in [1.807, 2.05) is 0 Å². The van der Waals surface area contributed by atoms with Gasteiger partial charge in [0.1, 0.15) is 17.4 Å². The number of hydrogen-bond acceptors (Lipinski definition) is 7. The van der Waals surface area contributed by atoms with Crippen molar-refractivity contribution in [2.75, 3.05) is 6.61 Å². The molecule has 1 aliphatic rings. The van der Waals surface area contributed by atoms with Gasteiger partial charge in [-0.1, -0.05) is 12.1 Å². The van der Waals surface area contributed by atoms with Crippen LogP contribution in [0.4, 0.5) is 8.78 Å². The lowest BCUT2D eigenvalue weighted by Gasteiger charge is -2.27. The highest BCUT2D eigenvalue weighted by atomic mass is 19.2. The van der Waals surface area contributed by atoms with Gasteiger partial charge >= 0.3 is 13.1 Å². The average Bonchev–Trinajstić information content (AvgIpc) is 2.56. The monoisotopic (exact) mass is 364 g/mol. The number of halogens is 2. The van der Waals surface area contributed by atoms with Crippen LogP contribution in [0.15, 0.2) is 34.9 Å². The van der Waals surface area contributed by atoms with E-state index in [2.05, 4.69) is 0 Å². The van der Waals surface area contributed by atoms with Crippen LogP contribution >= 0.6 is 0 Å². The summed E-state index contributed by atoms with van der Waals surface area (Å²) in [6.07, 6.45) is 0. The summed E-state index contributed by atoms with van der Waals surface area (Å²) in [6, 6.07) is 3.72. The zero-order valence-electron chi connectivity index (χ0n) is 13.9. The molecule has 1 aromatic rings. The molecule has 4 N–H and O–H groups in total. The number of rotatable bonds is 4. The second-order valence-electron chi connectivity index (χ2n) is 5.36. The van der Waals surface area contributed by atoms with Crippen molar-refractivity contribution < 1.29 is 33.1 Å². The summed E-state index contributed by atoms with van der Waals surface area (Å²) in [5.41, 5.74) is 4.09. The van der Waals surface area contributed by atoms with E-state index in [1.54, 1.807) is 13.0 Å². The van der Waals surface area contributed by atoms with Gasteiger partial charge < -0.3 is 25.3 Å². The molecule has 7 nitrogen and oxygen atoms in total. The van der Waals surface area contributed by atoms with Gasteiger partial charge in [-0.15, -0.1) is 0 Å². The Morgan fingerprint density at radius 2 is 2.08 bits per heavy atom. The molecule has 26 heavy (non-hydrogen) atoms. The summed E-state index contributed by atoms with van der Waals surface area (Å²) in [5.74, 6) is -5.57. The van der Waals surface area contributed by atoms with E-state index in [9.17, 15) is 18.8 Å². The Kier molecular flexibility index (Phi) is 5.64. The predicted octanol–water partition coefficient (Wildman–Crippen LogP) is 0.289. The topological polar surface area (TPSA) is 126 Å². The molecule has 10 heteroatoms. The number of carbonyl (C=O) groups is 1. The molecule has 0 radical (unpaired) electrons. The van der Waals surface area contributed by atoms with E-state index in [0.717, 1.165) is 12.1 Å². The smallest absolute Gasteiger partial charge is 0.463 e. The molecule has 0 saturated heterocycles. The Bertz CT molecular complexity index is 861. The number of nitriles is 1. The molecule has 1 atom stereocenters. The van der Waals surface area contributed by atoms with Gasteiger partial charge in [0, 0.05) is 11.0 Å². The van der Waals surface area contributed by atoms with Crippen LogP contribution in [0.25, 0.3) is 0 Å². The normalized spacial score (nSPS) is 16.9. The molecule has 136 valence electrons. The Morgan fingerprint density at radius 3 is 2.62 bits per heavy atom. The first-order valence-corrected chi connectivity index (χ1v) is 7.53. The number of esters is 1. The second-order valence-corrected chi connectivity index (χ2v) is 5.36. The SMILES string of the molecule is CCOC(=O)C1=C(C)OC(N)=C(C#N)C1c1ccc(B(O)O)c(F)c1F. The molecule has 0 saturated carbocycles. The van der Waals surface area contributed by atoms with Gasteiger partial charge in [-0.3, -0.25) is 0 Å². The summed E-state index contributed by atoms with van der Waals surface area (Å²) in [6.45, 7) is 2.94. The van der Waals surface area contributed by atoms with Gasteiger partial charge in [0.25, 0.3) is 0 Å². The largest absolute Gasteiger partial charge is 0.491 e. The molecule has 1 aromatic carbocycles. The third-order valence-corrected chi connectivity index (χ3v) is 3.83. The first kappa shape index (κ1) is 19.4. The van der Waals surface area contributed by atoms with Crippen LogP contribution in [0.1, 0.15) is 25.3 Å². The lowest BCUT2D eigenvalue weighted by Crippen LogP contribution is -2.34. The van der Waals surface area contributed by atoms with Crippen molar-refractivity contribution in [2.45, 2.75) is 19.8 Å². The molecule has 1 heterocycles. The number of allylic oxidation sites excluding steroid dienone is 2. The Labute approximate surface area is 148 Å². The van der Waals surface area contributed by atoms with Crippen LogP contribution in [-0.4, -0.2) is 29.7 Å². The summed E-state index contributed by atoms with van der Waals surface area (Å²) >= 11 is 0. The summed E-state index contributed by atoms with van der Waals surface area (Å²) in [4.78, 5) is 12.3. The average molecular weight is 364 g/mol. The predicted molar refractivity (Wildman–Crippen MR) is 86.2 cm³/mol. The molecule has 0 spiro atoms. The van der Waals surface area contributed by atoms with Crippen molar-refractivity contribution in [1.82, 2.24) is 0 Å². The maximum atomic E-state index is 14.6. The van der Waals surface area contributed by atoms with E-state index in [-0.39, 0.29) is 29.4 Å². The quantitative estimate of drug-likeness (QED) is 0.518. The maximum absolute atomic E-state index is 14.6. The van der Waals surface area contributed by atoms with Crippen molar-refractivity contribution in [3.63, 3.8) is 0 Å². The molecule has 1 aliphatic heterocycles. The third-order valence-electron chi connectivity index (χ3n) is 3.83. The van der Waals surface area contributed by atoms with Crippen LogP contribution in [-0.2, 0) is 14.3 Å². The molecule has 0 aliphatic carbocycles. The first-order chi connectivity index (χ1) is 12.2. The van der Waals surface area contributed by atoms with Gasteiger partial charge in [-0.25, -0.2) is 13.6 Å². The van der Waals surface area contributed by atoms with Gasteiger partial charge in [0.05, 0.1) is 18.1 Å². The second kappa shape index (κ2) is 7.55. The fourth-order valence-electron chi connectivity index (χ4n) is 2.67. The van der Waals surface area contributed by atoms with Crippen LogP contribution in [0.2, 0.25) is 0 Å². The van der Waals surface area contributed by atoms with Crippen molar-refractivity contribution in [2.24, 2.45) is 5.73 Å². The molecule has 2 rings (SSSR count). The number of nitrogens with two attached hydrogens (primary N) is 1. The van der Waals surface area contributed by atoms with E-state index >= 15 is 0 Å². The molecular formula is C16H15BF2N2O5. The summed E-state index contributed by atoms with van der Waals surface area (Å²) in [5, 5.41) is 27.5. The fraction of sp³-hybridized carbons (Fsp3) is 0.250. The molecular weight excluding hydrogens is 349 g/mol. The van der Waals surface area contributed by atoms with Crippen LogP contribution in [0, 0.1) is 23.0 Å². The zero-order chi connectivity index (χ0) is 19.6. The van der Waals surface area contributed by atoms with E-state index in [0.29, 0.717) is 0 Å². The minimum absolute atomic E-state index is 0.00982. The fourth-order valence-corrected chi connectivity index (χ4v) is 2.67. The number of nitrogens with zero attached hydrogens (tertiary/aromatic N) is 1. The number of benzene rings is 1. The molecule has 0 bridgehead atoms. The van der Waals surface area contributed by atoms with Crippen LogP contribution < -0.4 is 11.2 Å². The Morgan fingerprint density at radius 1 is 1.42 bits per heavy atom. The first-order valence-electron chi connectivity index (χ1n) is 7.53. The van der Waals surface area contributed by atoms with E-state index in [1.165, 1.54) is 6.92 Å². The summed E-state index contributed by atoms with van der Waals surface area (Å²) in [7, 11) is -2.23. The minimum Gasteiger partial charge on any atom is -0.463 e. The lowest BCUT2D eigenvalue weighted by atomic mass is 9.76. The number of hydrogen-bond donors (Lipinski definition) is 3. The van der Waals surface area contributed by atoms with Crippen molar-refractivity contribution in [1.29, 1.82) is 5.26 Å². The van der Waals surface area contributed by atoms with Crippen LogP contribution in [0.3, 0.4) is 0 Å². The Hall–Kier alpha value is -2.90. The highest BCUT2D eigenvalue weighted by Crippen LogP contribution is 2.40. The van der Waals surface area contributed by atoms with E-state index in [4.69, 9.17) is 25.3 Å². The van der Waals surface area contributed by atoms with Gasteiger partial charge in [0.15, 0.2) is 11.6 Å². The maximum Gasteiger partial charge on any atom is 0.491 e. The van der Waals surface area contributed by atoms with Gasteiger partial charge in [0.2, 0.25) is 5.88 Å². The lowest BCUT2D eigenvalue weighted by molar-refractivity contribution is -0.139. The highest BCUT2D eigenvalue weighted by Gasteiger charge is 2.39. The minimum atomic E-state index is -2.23. The Balaban J connectivity index is 2.72. The number of carbonyl (C=O) groups excluding carboxylic acids is 1. The van der Waals surface area contributed by atoms with Crippen molar-refractivity contribution in [3.05, 3.63) is 52.1 Å². The standard InChI is InChI=1S/C16H15BF2N2O5/c1-3-25-16(22)11-7(2)26-15(21)9(6-20)12(11)8-4-5-10(17(23)24)14(19)13(8)18/h4-5,12,23-24H,3,21H2,1-2H3.